The van der Waals surface area contributed by atoms with E-state index >= 15 is 0 Å². The maximum atomic E-state index is 13.9. The zero-order valence-corrected chi connectivity index (χ0v) is 25.1. The topological polar surface area (TPSA) is 86.8 Å². The van der Waals surface area contributed by atoms with Crippen molar-refractivity contribution in [3.63, 3.8) is 0 Å². The van der Waals surface area contributed by atoms with Crippen LogP contribution in [0.5, 0.6) is 0 Å². The Morgan fingerprint density at radius 1 is 0.951 bits per heavy atom. The van der Waals surface area contributed by atoms with Crippen LogP contribution in [0.15, 0.2) is 70.5 Å². The molecule has 0 aliphatic carbocycles. The molecule has 216 valence electrons. The molecule has 0 unspecified atom stereocenters. The van der Waals surface area contributed by atoms with Crippen molar-refractivity contribution in [1.82, 2.24) is 10.2 Å². The number of sulfone groups is 1. The number of carbonyl (C=O) groups excluding carboxylic acids is 2. The minimum atomic E-state index is -4.00. The van der Waals surface area contributed by atoms with Crippen molar-refractivity contribution in [2.24, 2.45) is 11.8 Å². The van der Waals surface area contributed by atoms with Gasteiger partial charge in [0, 0.05) is 25.2 Å². The van der Waals surface area contributed by atoms with Gasteiger partial charge in [0.15, 0.2) is 0 Å². The van der Waals surface area contributed by atoms with Gasteiger partial charge in [-0.05, 0) is 86.5 Å². The highest BCUT2D eigenvalue weighted by Crippen LogP contribution is 2.38. The second-order valence-corrected chi connectivity index (χ2v) is 13.7. The molecule has 8 heteroatoms. The molecule has 5 rings (SSSR count). The van der Waals surface area contributed by atoms with E-state index in [2.05, 4.69) is 24.1 Å². The van der Waals surface area contributed by atoms with Crippen molar-refractivity contribution in [3.8, 4) is 0 Å². The van der Waals surface area contributed by atoms with Gasteiger partial charge in [-0.1, -0.05) is 49.7 Å². The summed E-state index contributed by atoms with van der Waals surface area (Å²) in [4.78, 5) is 31.1. The number of fused-ring (bicyclic) bond motifs is 2. The molecule has 0 spiro atoms. The van der Waals surface area contributed by atoms with E-state index in [1.807, 2.05) is 32.0 Å². The normalized spacial score (nSPS) is 20.2. The van der Waals surface area contributed by atoms with Crippen molar-refractivity contribution in [1.29, 1.82) is 0 Å². The smallest absolute Gasteiger partial charge is 0.259 e. The summed E-state index contributed by atoms with van der Waals surface area (Å²) in [6.45, 7) is 12.3. The Bertz CT molecular complexity index is 1570. The summed E-state index contributed by atoms with van der Waals surface area (Å²) in [5, 5.41) is 3.00. The SMILES string of the molecule is Cc1ccc(C)c(CN2C(=O)c3ccccc3S(=O)(=O)c3ccc(C(=O)NCCCN4C[C@H](C)C[C@H](C)C4)cc32)c1. The molecule has 2 aliphatic rings. The van der Waals surface area contributed by atoms with E-state index in [1.54, 1.807) is 24.3 Å². The number of amides is 2. The first-order valence-electron chi connectivity index (χ1n) is 14.4. The van der Waals surface area contributed by atoms with Gasteiger partial charge in [-0.3, -0.25) is 9.59 Å². The summed E-state index contributed by atoms with van der Waals surface area (Å²) in [6, 6.07) is 16.9. The Balaban J connectivity index is 1.43. The van der Waals surface area contributed by atoms with Crippen molar-refractivity contribution < 1.29 is 18.0 Å². The summed E-state index contributed by atoms with van der Waals surface area (Å²) < 4.78 is 27.6. The highest BCUT2D eigenvalue weighted by molar-refractivity contribution is 7.91. The maximum absolute atomic E-state index is 13.9. The molecule has 1 saturated heterocycles. The average molecular weight is 574 g/mol. The van der Waals surface area contributed by atoms with Crippen LogP contribution in [0.3, 0.4) is 0 Å². The summed E-state index contributed by atoms with van der Waals surface area (Å²) in [7, 11) is -4.00. The van der Waals surface area contributed by atoms with Crippen LogP contribution in [0.4, 0.5) is 5.69 Å². The number of rotatable bonds is 7. The molecule has 0 aromatic heterocycles. The van der Waals surface area contributed by atoms with Crippen LogP contribution < -0.4 is 10.2 Å². The molecule has 2 aliphatic heterocycles. The molecule has 2 atom stereocenters. The molecule has 3 aromatic rings. The first-order valence-corrected chi connectivity index (χ1v) is 15.9. The quantitative estimate of drug-likeness (QED) is 0.383. The van der Waals surface area contributed by atoms with Crippen LogP contribution in [0.1, 0.15) is 64.1 Å². The van der Waals surface area contributed by atoms with Crippen LogP contribution in [0, 0.1) is 25.7 Å². The Labute approximate surface area is 243 Å². The van der Waals surface area contributed by atoms with Crippen molar-refractivity contribution in [3.05, 3.63) is 88.5 Å². The van der Waals surface area contributed by atoms with Gasteiger partial charge in [0.2, 0.25) is 9.84 Å². The summed E-state index contributed by atoms with van der Waals surface area (Å²) in [6.07, 6.45) is 2.09. The van der Waals surface area contributed by atoms with E-state index in [4.69, 9.17) is 0 Å². The van der Waals surface area contributed by atoms with Crippen molar-refractivity contribution in [2.75, 3.05) is 31.1 Å². The Morgan fingerprint density at radius 3 is 2.44 bits per heavy atom. The van der Waals surface area contributed by atoms with Gasteiger partial charge in [-0.25, -0.2) is 8.42 Å². The lowest BCUT2D eigenvalue weighted by molar-refractivity contribution is 0.0944. The predicted octanol–water partition coefficient (Wildman–Crippen LogP) is 5.39. The lowest BCUT2D eigenvalue weighted by Gasteiger charge is -2.34. The number of aryl methyl sites for hydroxylation is 2. The average Bonchev–Trinajstić information content (AvgIpc) is 3.00. The van der Waals surface area contributed by atoms with Gasteiger partial charge in [-0.15, -0.1) is 0 Å². The zero-order chi connectivity index (χ0) is 29.3. The van der Waals surface area contributed by atoms with Crippen LogP contribution in [-0.4, -0.2) is 51.3 Å². The highest BCUT2D eigenvalue weighted by atomic mass is 32.2. The number of hydrogen-bond acceptors (Lipinski definition) is 5. The molecule has 0 saturated carbocycles. The molecule has 2 heterocycles. The number of anilines is 1. The minimum Gasteiger partial charge on any atom is -0.352 e. The molecular formula is C33H39N3O4S. The number of nitrogens with one attached hydrogen (secondary N) is 1. The molecule has 1 fully saturated rings. The summed E-state index contributed by atoms with van der Waals surface area (Å²) >= 11 is 0. The number of hydrogen-bond donors (Lipinski definition) is 1. The molecular weight excluding hydrogens is 534 g/mol. The molecule has 1 N–H and O–H groups in total. The standard InChI is InChI=1S/C33H39N3O4S/c1-22-10-11-25(4)27(17-22)21-36-29-18-26(32(37)34-14-7-15-35-19-23(2)16-24(3)20-35)12-13-31(29)41(39,40)30-9-6-5-8-28(30)33(36)38/h5-6,8-13,17-18,23-24H,7,14-16,19-21H2,1-4H3,(H,34,37)/t23-,24+. The predicted molar refractivity (Wildman–Crippen MR) is 161 cm³/mol. The first kappa shape index (κ1) is 29.0. The van der Waals surface area contributed by atoms with Gasteiger partial charge in [-0.2, -0.15) is 0 Å². The summed E-state index contributed by atoms with van der Waals surface area (Å²) in [5.74, 6) is 0.673. The van der Waals surface area contributed by atoms with Crippen LogP contribution in [0.2, 0.25) is 0 Å². The van der Waals surface area contributed by atoms with E-state index in [0.29, 0.717) is 23.9 Å². The Hall–Kier alpha value is -3.49. The summed E-state index contributed by atoms with van der Waals surface area (Å²) in [5.41, 5.74) is 3.62. The third kappa shape index (κ3) is 6.09. The van der Waals surface area contributed by atoms with Gasteiger partial charge in [0.1, 0.15) is 0 Å². The van der Waals surface area contributed by atoms with E-state index in [0.717, 1.165) is 42.7 Å². The van der Waals surface area contributed by atoms with E-state index in [9.17, 15) is 18.0 Å². The van der Waals surface area contributed by atoms with E-state index < -0.39 is 15.7 Å². The van der Waals surface area contributed by atoms with Crippen LogP contribution >= 0.6 is 0 Å². The second kappa shape index (κ2) is 11.8. The van der Waals surface area contributed by atoms with Gasteiger partial charge in [0.25, 0.3) is 11.8 Å². The third-order valence-corrected chi connectivity index (χ3v) is 10.0. The maximum Gasteiger partial charge on any atom is 0.259 e. The molecule has 3 aromatic carbocycles. The molecule has 0 bridgehead atoms. The fourth-order valence-electron chi connectivity index (χ4n) is 6.23. The monoisotopic (exact) mass is 573 g/mol. The zero-order valence-electron chi connectivity index (χ0n) is 24.3. The first-order chi connectivity index (χ1) is 19.5. The van der Waals surface area contributed by atoms with Gasteiger partial charge < -0.3 is 15.1 Å². The number of piperidine rings is 1. The lowest BCUT2D eigenvalue weighted by Crippen LogP contribution is -2.40. The molecule has 41 heavy (non-hydrogen) atoms. The molecule has 2 amide bonds. The number of benzene rings is 3. The third-order valence-electron chi connectivity index (χ3n) is 8.17. The Morgan fingerprint density at radius 2 is 1.68 bits per heavy atom. The highest BCUT2D eigenvalue weighted by Gasteiger charge is 2.36. The largest absolute Gasteiger partial charge is 0.352 e. The van der Waals surface area contributed by atoms with Crippen molar-refractivity contribution >= 4 is 27.3 Å². The number of nitrogens with zero attached hydrogens (tertiary/aromatic N) is 2. The lowest BCUT2D eigenvalue weighted by atomic mass is 9.92. The minimum absolute atomic E-state index is 0.0194. The van der Waals surface area contributed by atoms with Crippen LogP contribution in [-0.2, 0) is 16.4 Å². The molecule has 7 nitrogen and oxygen atoms in total. The van der Waals surface area contributed by atoms with Crippen LogP contribution in [0.25, 0.3) is 0 Å². The van der Waals surface area contributed by atoms with Gasteiger partial charge in [0.05, 0.1) is 27.6 Å². The van der Waals surface area contributed by atoms with Gasteiger partial charge >= 0.3 is 0 Å². The van der Waals surface area contributed by atoms with E-state index in [1.165, 1.54) is 29.5 Å². The second-order valence-electron chi connectivity index (χ2n) is 11.8. The van der Waals surface area contributed by atoms with E-state index in [-0.39, 0.29) is 33.5 Å². The Kier molecular flexibility index (Phi) is 8.34. The van der Waals surface area contributed by atoms with Crippen molar-refractivity contribution in [2.45, 2.75) is 56.9 Å². The number of carbonyl (C=O) groups is 2. The number of likely N-dealkylation sites (tertiary alicyclic amines) is 1. The fraction of sp³-hybridized carbons (Fsp3) is 0.394. The fourth-order valence-corrected chi connectivity index (χ4v) is 7.86. The molecule has 0 radical (unpaired) electrons.